The van der Waals surface area contributed by atoms with Crippen LogP contribution in [-0.2, 0) is 6.61 Å². The first kappa shape index (κ1) is 22.3. The van der Waals surface area contributed by atoms with E-state index in [1.54, 1.807) is 30.6 Å². The fraction of sp³-hybridized carbons (Fsp3) is 0.360. The summed E-state index contributed by atoms with van der Waals surface area (Å²) < 4.78 is 11.1. The number of benzene rings is 2. The molecule has 1 fully saturated rings. The lowest BCUT2D eigenvalue weighted by Crippen LogP contribution is -2.36. The average molecular weight is 452 g/mol. The molecular weight excluding hydrogens is 422 g/mol. The molecule has 0 radical (unpaired) electrons. The van der Waals surface area contributed by atoms with Crippen molar-refractivity contribution in [1.29, 1.82) is 0 Å². The van der Waals surface area contributed by atoms with Gasteiger partial charge in [0.2, 0.25) is 0 Å². The van der Waals surface area contributed by atoms with E-state index < -0.39 is 0 Å². The summed E-state index contributed by atoms with van der Waals surface area (Å²) in [6, 6.07) is 15.5. The van der Waals surface area contributed by atoms with Crippen LogP contribution >= 0.6 is 11.3 Å². The first-order chi connectivity index (χ1) is 15.6. The standard InChI is InChI=1S/C25H29N3O3S/c1-18-27-21(17-32-18)16-31-23-11-7-20(8-12-23)25(29)26-15-24(28-13-3-4-14-28)19-5-9-22(30-2)10-6-19/h5-12,17,24H,3-4,13-16H2,1-2H3,(H,26,29)/t24-/m0/s1. The Hall–Kier alpha value is -2.90. The quantitative estimate of drug-likeness (QED) is 0.515. The normalized spacial score (nSPS) is 14.8. The van der Waals surface area contributed by atoms with Gasteiger partial charge in [0, 0.05) is 17.5 Å². The number of thiazole rings is 1. The van der Waals surface area contributed by atoms with E-state index in [0.29, 0.717) is 18.7 Å². The van der Waals surface area contributed by atoms with E-state index in [0.717, 1.165) is 35.3 Å². The van der Waals surface area contributed by atoms with Gasteiger partial charge in [-0.3, -0.25) is 9.69 Å². The number of nitrogens with one attached hydrogen (secondary N) is 1. The summed E-state index contributed by atoms with van der Waals surface area (Å²) >= 11 is 1.61. The Kier molecular flexibility index (Phi) is 7.39. The number of aryl methyl sites for hydroxylation is 1. The molecule has 32 heavy (non-hydrogen) atoms. The van der Waals surface area contributed by atoms with E-state index in [1.807, 2.05) is 36.6 Å². The molecule has 1 amide bonds. The highest BCUT2D eigenvalue weighted by atomic mass is 32.1. The molecule has 1 atom stereocenters. The first-order valence-corrected chi connectivity index (χ1v) is 11.8. The van der Waals surface area contributed by atoms with Crippen LogP contribution < -0.4 is 14.8 Å². The van der Waals surface area contributed by atoms with Crippen molar-refractivity contribution in [3.8, 4) is 11.5 Å². The van der Waals surface area contributed by atoms with Gasteiger partial charge in [-0.05, 0) is 74.8 Å². The second-order valence-corrected chi connectivity index (χ2v) is 8.98. The summed E-state index contributed by atoms with van der Waals surface area (Å²) in [5, 5.41) is 6.14. The second kappa shape index (κ2) is 10.6. The Morgan fingerprint density at radius 3 is 2.41 bits per heavy atom. The molecule has 168 valence electrons. The zero-order chi connectivity index (χ0) is 22.3. The maximum absolute atomic E-state index is 12.8. The predicted molar refractivity (Wildman–Crippen MR) is 127 cm³/mol. The van der Waals surface area contributed by atoms with E-state index in [2.05, 4.69) is 27.3 Å². The Balaban J connectivity index is 1.35. The lowest BCUT2D eigenvalue weighted by Gasteiger charge is -2.28. The van der Waals surface area contributed by atoms with Crippen molar-refractivity contribution in [2.75, 3.05) is 26.7 Å². The van der Waals surface area contributed by atoms with Crippen LogP contribution in [0.1, 0.15) is 45.5 Å². The van der Waals surface area contributed by atoms with Gasteiger partial charge in [0.05, 0.1) is 23.9 Å². The van der Waals surface area contributed by atoms with Crippen molar-refractivity contribution in [2.24, 2.45) is 0 Å². The molecule has 0 spiro atoms. The summed E-state index contributed by atoms with van der Waals surface area (Å²) in [6.45, 7) is 5.07. The molecule has 2 aromatic carbocycles. The van der Waals surface area contributed by atoms with Crippen LogP contribution in [0.15, 0.2) is 53.9 Å². The molecule has 0 unspecified atom stereocenters. The molecule has 1 aromatic heterocycles. The number of aromatic nitrogens is 1. The number of amides is 1. The lowest BCUT2D eigenvalue weighted by molar-refractivity contribution is 0.0938. The van der Waals surface area contributed by atoms with E-state index in [9.17, 15) is 4.79 Å². The first-order valence-electron chi connectivity index (χ1n) is 10.9. The van der Waals surface area contributed by atoms with Gasteiger partial charge in [-0.15, -0.1) is 11.3 Å². The minimum Gasteiger partial charge on any atom is -0.497 e. The minimum atomic E-state index is -0.0793. The van der Waals surface area contributed by atoms with Gasteiger partial charge in [-0.25, -0.2) is 4.98 Å². The van der Waals surface area contributed by atoms with Crippen LogP contribution in [0.2, 0.25) is 0 Å². The van der Waals surface area contributed by atoms with E-state index >= 15 is 0 Å². The molecule has 6 nitrogen and oxygen atoms in total. The smallest absolute Gasteiger partial charge is 0.251 e. The summed E-state index contributed by atoms with van der Waals surface area (Å²) in [5.41, 5.74) is 2.73. The molecule has 0 bridgehead atoms. The molecule has 2 heterocycles. The Labute approximate surface area is 193 Å². The van der Waals surface area contributed by atoms with Gasteiger partial charge in [0.25, 0.3) is 5.91 Å². The van der Waals surface area contributed by atoms with Gasteiger partial charge < -0.3 is 14.8 Å². The van der Waals surface area contributed by atoms with Crippen LogP contribution in [0.25, 0.3) is 0 Å². The van der Waals surface area contributed by atoms with Crippen molar-refractivity contribution in [3.63, 3.8) is 0 Å². The number of likely N-dealkylation sites (tertiary alicyclic amines) is 1. The van der Waals surface area contributed by atoms with Gasteiger partial charge in [-0.2, -0.15) is 0 Å². The van der Waals surface area contributed by atoms with Gasteiger partial charge in [0.15, 0.2) is 0 Å². The molecular formula is C25H29N3O3S. The summed E-state index contributed by atoms with van der Waals surface area (Å²) in [4.78, 5) is 19.6. The molecule has 1 aliphatic heterocycles. The zero-order valence-electron chi connectivity index (χ0n) is 18.5. The van der Waals surface area contributed by atoms with E-state index in [-0.39, 0.29) is 11.9 Å². The molecule has 1 saturated heterocycles. The molecule has 0 aliphatic carbocycles. The Morgan fingerprint density at radius 2 is 1.78 bits per heavy atom. The largest absolute Gasteiger partial charge is 0.497 e. The van der Waals surface area contributed by atoms with Crippen molar-refractivity contribution >= 4 is 17.2 Å². The van der Waals surface area contributed by atoms with Crippen molar-refractivity contribution in [3.05, 3.63) is 75.7 Å². The highest BCUT2D eigenvalue weighted by molar-refractivity contribution is 7.09. The zero-order valence-corrected chi connectivity index (χ0v) is 19.4. The molecule has 3 aromatic rings. The lowest BCUT2D eigenvalue weighted by atomic mass is 10.0. The molecule has 4 rings (SSSR count). The predicted octanol–water partition coefficient (Wildman–Crippen LogP) is 4.61. The number of carbonyl (C=O) groups is 1. The van der Waals surface area contributed by atoms with Crippen LogP contribution in [-0.4, -0.2) is 42.5 Å². The topological polar surface area (TPSA) is 63.7 Å². The Morgan fingerprint density at radius 1 is 1.09 bits per heavy atom. The number of carbonyl (C=O) groups excluding carboxylic acids is 1. The molecule has 1 N–H and O–H groups in total. The fourth-order valence-corrected chi connectivity index (χ4v) is 4.56. The van der Waals surface area contributed by atoms with Crippen molar-refractivity contribution in [1.82, 2.24) is 15.2 Å². The molecule has 1 aliphatic rings. The molecule has 7 heteroatoms. The number of nitrogens with zero attached hydrogens (tertiary/aromatic N) is 2. The SMILES string of the molecule is COc1ccc([C@H](CNC(=O)c2ccc(OCc3csc(C)n3)cc2)N2CCCC2)cc1. The summed E-state index contributed by atoms with van der Waals surface area (Å²) in [7, 11) is 1.67. The second-order valence-electron chi connectivity index (χ2n) is 7.91. The van der Waals surface area contributed by atoms with Gasteiger partial charge >= 0.3 is 0 Å². The van der Waals surface area contributed by atoms with Gasteiger partial charge in [0.1, 0.15) is 18.1 Å². The number of methoxy groups -OCH3 is 1. The third-order valence-corrected chi connectivity index (χ3v) is 6.53. The van der Waals surface area contributed by atoms with Crippen LogP contribution in [0.4, 0.5) is 0 Å². The van der Waals surface area contributed by atoms with E-state index in [1.165, 1.54) is 18.4 Å². The molecule has 0 saturated carbocycles. The summed E-state index contributed by atoms with van der Waals surface area (Å²) in [6.07, 6.45) is 2.39. The number of hydrogen-bond donors (Lipinski definition) is 1. The van der Waals surface area contributed by atoms with Crippen molar-refractivity contribution in [2.45, 2.75) is 32.4 Å². The number of rotatable bonds is 9. The highest BCUT2D eigenvalue weighted by Gasteiger charge is 2.24. The van der Waals surface area contributed by atoms with Crippen LogP contribution in [0.3, 0.4) is 0 Å². The minimum absolute atomic E-state index is 0.0793. The maximum Gasteiger partial charge on any atom is 0.251 e. The maximum atomic E-state index is 12.8. The fourth-order valence-electron chi connectivity index (χ4n) is 3.96. The van der Waals surface area contributed by atoms with Crippen LogP contribution in [0, 0.1) is 6.92 Å². The third kappa shape index (κ3) is 5.66. The van der Waals surface area contributed by atoms with Crippen LogP contribution in [0.5, 0.6) is 11.5 Å². The van der Waals surface area contributed by atoms with Crippen molar-refractivity contribution < 1.29 is 14.3 Å². The number of ether oxygens (including phenoxy) is 2. The number of hydrogen-bond acceptors (Lipinski definition) is 6. The highest BCUT2D eigenvalue weighted by Crippen LogP contribution is 2.26. The van der Waals surface area contributed by atoms with E-state index in [4.69, 9.17) is 9.47 Å². The Bertz CT molecular complexity index is 1010. The van der Waals surface area contributed by atoms with Gasteiger partial charge in [-0.1, -0.05) is 12.1 Å². The summed E-state index contributed by atoms with van der Waals surface area (Å²) in [5.74, 6) is 1.48. The average Bonchev–Trinajstić information content (AvgIpc) is 3.50. The third-order valence-electron chi connectivity index (χ3n) is 5.71. The monoisotopic (exact) mass is 451 g/mol.